The van der Waals surface area contributed by atoms with Gasteiger partial charge in [-0.15, -0.1) is 16.8 Å². The first-order valence-corrected chi connectivity index (χ1v) is 6.53. The average Bonchev–Trinajstić information content (AvgIpc) is 3.11. The number of nitrogens with one attached hydrogen (secondary N) is 1. The Kier molecular flexibility index (Phi) is 3.10. The maximum atomic E-state index is 5.45. The SMILES string of the molecule is C=CCC1(c2nc(-c3nn[nH]n3)no2)CCCCC1. The van der Waals surface area contributed by atoms with Crippen LogP contribution in [0.2, 0.25) is 0 Å². The number of aromatic amines is 1. The van der Waals surface area contributed by atoms with Gasteiger partial charge in [0, 0.05) is 0 Å². The predicted molar refractivity (Wildman–Crippen MR) is 67.0 cm³/mol. The van der Waals surface area contributed by atoms with Crippen LogP contribution in [0.15, 0.2) is 17.2 Å². The van der Waals surface area contributed by atoms with Crippen LogP contribution in [0.4, 0.5) is 0 Å². The second-order valence-electron chi connectivity index (χ2n) is 4.99. The number of nitrogens with zero attached hydrogens (tertiary/aromatic N) is 5. The second kappa shape index (κ2) is 4.91. The number of hydrogen-bond acceptors (Lipinski definition) is 6. The summed E-state index contributed by atoms with van der Waals surface area (Å²) in [6.07, 6.45) is 8.57. The van der Waals surface area contributed by atoms with E-state index in [1.807, 2.05) is 6.08 Å². The van der Waals surface area contributed by atoms with E-state index in [1.165, 1.54) is 19.3 Å². The molecule has 100 valence electrons. The van der Waals surface area contributed by atoms with E-state index in [-0.39, 0.29) is 5.41 Å². The van der Waals surface area contributed by atoms with Crippen LogP contribution in [0.3, 0.4) is 0 Å². The molecule has 1 N–H and O–H groups in total. The van der Waals surface area contributed by atoms with Gasteiger partial charge < -0.3 is 4.52 Å². The minimum Gasteiger partial charge on any atom is -0.338 e. The maximum absolute atomic E-state index is 5.45. The Balaban J connectivity index is 1.92. The van der Waals surface area contributed by atoms with Gasteiger partial charge in [-0.2, -0.15) is 10.2 Å². The number of tetrazole rings is 1. The molecule has 1 aliphatic carbocycles. The smallest absolute Gasteiger partial charge is 0.245 e. The molecule has 2 aromatic heterocycles. The van der Waals surface area contributed by atoms with Crippen molar-refractivity contribution in [2.45, 2.75) is 43.9 Å². The molecule has 0 saturated heterocycles. The predicted octanol–water partition coefficient (Wildman–Crippen LogP) is 2.03. The first kappa shape index (κ1) is 12.0. The van der Waals surface area contributed by atoms with Crippen molar-refractivity contribution in [1.29, 1.82) is 0 Å². The van der Waals surface area contributed by atoms with Crippen LogP contribution in [0.1, 0.15) is 44.4 Å². The molecule has 19 heavy (non-hydrogen) atoms. The third kappa shape index (κ3) is 2.16. The Morgan fingerprint density at radius 1 is 1.26 bits per heavy atom. The van der Waals surface area contributed by atoms with Crippen molar-refractivity contribution in [1.82, 2.24) is 30.8 Å². The molecule has 2 aromatic rings. The summed E-state index contributed by atoms with van der Waals surface area (Å²) >= 11 is 0. The Bertz CT molecular complexity index is 540. The molecule has 0 radical (unpaired) electrons. The minimum absolute atomic E-state index is 0.0605. The van der Waals surface area contributed by atoms with Crippen molar-refractivity contribution in [3.63, 3.8) is 0 Å². The molecule has 0 atom stereocenters. The first-order valence-electron chi connectivity index (χ1n) is 6.53. The van der Waals surface area contributed by atoms with Gasteiger partial charge in [0.1, 0.15) is 0 Å². The van der Waals surface area contributed by atoms with Crippen molar-refractivity contribution < 1.29 is 4.52 Å². The highest BCUT2D eigenvalue weighted by molar-refractivity contribution is 5.39. The van der Waals surface area contributed by atoms with Gasteiger partial charge in [-0.3, -0.25) is 0 Å². The van der Waals surface area contributed by atoms with Crippen molar-refractivity contribution in [3.05, 3.63) is 18.5 Å². The third-order valence-electron chi connectivity index (χ3n) is 3.77. The molecular formula is C12H16N6O. The second-order valence-corrected chi connectivity index (χ2v) is 4.99. The summed E-state index contributed by atoms with van der Waals surface area (Å²) in [6, 6.07) is 0. The highest BCUT2D eigenvalue weighted by Gasteiger charge is 2.38. The topological polar surface area (TPSA) is 93.4 Å². The molecule has 3 rings (SSSR count). The van der Waals surface area contributed by atoms with Gasteiger partial charge in [0.25, 0.3) is 0 Å². The summed E-state index contributed by atoms with van der Waals surface area (Å²) in [7, 11) is 0. The molecule has 0 aromatic carbocycles. The Labute approximate surface area is 110 Å². The van der Waals surface area contributed by atoms with E-state index in [9.17, 15) is 0 Å². The summed E-state index contributed by atoms with van der Waals surface area (Å²) in [5, 5.41) is 17.6. The molecular weight excluding hydrogens is 244 g/mol. The maximum Gasteiger partial charge on any atom is 0.245 e. The molecule has 2 heterocycles. The minimum atomic E-state index is -0.0605. The summed E-state index contributed by atoms with van der Waals surface area (Å²) in [6.45, 7) is 3.85. The summed E-state index contributed by atoms with van der Waals surface area (Å²) < 4.78 is 5.45. The molecule has 0 spiro atoms. The third-order valence-corrected chi connectivity index (χ3v) is 3.77. The molecule has 0 aliphatic heterocycles. The normalized spacial score (nSPS) is 18.3. The van der Waals surface area contributed by atoms with E-state index < -0.39 is 0 Å². The molecule has 7 heteroatoms. The Morgan fingerprint density at radius 2 is 2.11 bits per heavy atom. The number of rotatable bonds is 4. The fourth-order valence-electron chi connectivity index (χ4n) is 2.80. The van der Waals surface area contributed by atoms with Gasteiger partial charge in [-0.1, -0.05) is 30.5 Å². The van der Waals surface area contributed by atoms with Crippen molar-refractivity contribution in [2.75, 3.05) is 0 Å². The Hall–Kier alpha value is -2.05. The van der Waals surface area contributed by atoms with Gasteiger partial charge in [0.2, 0.25) is 17.5 Å². The summed E-state index contributed by atoms with van der Waals surface area (Å²) in [5.74, 6) is 1.42. The van der Waals surface area contributed by atoms with Crippen LogP contribution < -0.4 is 0 Å². The molecule has 1 saturated carbocycles. The first-order chi connectivity index (χ1) is 9.34. The van der Waals surface area contributed by atoms with Gasteiger partial charge in [0.05, 0.1) is 5.41 Å². The lowest BCUT2D eigenvalue weighted by Gasteiger charge is -2.32. The van der Waals surface area contributed by atoms with Gasteiger partial charge in [-0.25, -0.2) is 0 Å². The van der Waals surface area contributed by atoms with E-state index in [2.05, 4.69) is 37.3 Å². The van der Waals surface area contributed by atoms with Gasteiger partial charge >= 0.3 is 0 Å². The quantitative estimate of drug-likeness (QED) is 0.845. The summed E-state index contributed by atoms with van der Waals surface area (Å²) in [5.41, 5.74) is -0.0605. The lowest BCUT2D eigenvalue weighted by atomic mass is 9.71. The average molecular weight is 260 g/mol. The lowest BCUT2D eigenvalue weighted by molar-refractivity contribution is 0.215. The highest BCUT2D eigenvalue weighted by Crippen LogP contribution is 2.41. The van der Waals surface area contributed by atoms with Crippen LogP contribution >= 0.6 is 0 Å². The van der Waals surface area contributed by atoms with Crippen molar-refractivity contribution in [2.24, 2.45) is 0 Å². The van der Waals surface area contributed by atoms with E-state index in [0.29, 0.717) is 17.5 Å². The molecule has 0 unspecified atom stereocenters. The van der Waals surface area contributed by atoms with Gasteiger partial charge in [-0.05, 0) is 24.5 Å². The number of aromatic nitrogens is 6. The molecule has 1 aliphatic rings. The van der Waals surface area contributed by atoms with Crippen molar-refractivity contribution >= 4 is 0 Å². The van der Waals surface area contributed by atoms with E-state index in [4.69, 9.17) is 4.52 Å². The number of H-pyrrole nitrogens is 1. The zero-order valence-corrected chi connectivity index (χ0v) is 10.7. The van der Waals surface area contributed by atoms with E-state index in [1.54, 1.807) is 0 Å². The number of allylic oxidation sites excluding steroid dienone is 1. The largest absolute Gasteiger partial charge is 0.338 e. The fourth-order valence-corrected chi connectivity index (χ4v) is 2.80. The fraction of sp³-hybridized carbons (Fsp3) is 0.583. The summed E-state index contributed by atoms with van der Waals surface area (Å²) in [4.78, 5) is 4.46. The highest BCUT2D eigenvalue weighted by atomic mass is 16.5. The molecule has 1 fully saturated rings. The van der Waals surface area contributed by atoms with Crippen LogP contribution in [0.25, 0.3) is 11.6 Å². The monoisotopic (exact) mass is 260 g/mol. The molecule has 7 nitrogen and oxygen atoms in total. The molecule has 0 bridgehead atoms. The van der Waals surface area contributed by atoms with Gasteiger partial charge in [0.15, 0.2) is 0 Å². The van der Waals surface area contributed by atoms with E-state index >= 15 is 0 Å². The van der Waals surface area contributed by atoms with E-state index in [0.717, 1.165) is 19.3 Å². The van der Waals surface area contributed by atoms with Crippen molar-refractivity contribution in [3.8, 4) is 11.6 Å². The van der Waals surface area contributed by atoms with Crippen LogP contribution in [0.5, 0.6) is 0 Å². The number of hydrogen-bond donors (Lipinski definition) is 1. The zero-order valence-electron chi connectivity index (χ0n) is 10.7. The van der Waals surface area contributed by atoms with Crippen LogP contribution in [-0.2, 0) is 5.41 Å². The van der Waals surface area contributed by atoms with Crippen LogP contribution in [-0.4, -0.2) is 30.8 Å². The molecule has 0 amide bonds. The van der Waals surface area contributed by atoms with Crippen LogP contribution in [0, 0.1) is 0 Å². The standard InChI is InChI=1S/C12H16N6O/c1-2-6-12(7-4-3-5-8-12)11-13-9(16-19-11)10-14-17-18-15-10/h2H,1,3-8H2,(H,14,15,17,18). The lowest BCUT2D eigenvalue weighted by Crippen LogP contribution is -2.28. The zero-order chi connectivity index (χ0) is 13.1. The Morgan fingerprint density at radius 3 is 2.79 bits per heavy atom.